The van der Waals surface area contributed by atoms with Gasteiger partial charge in [0.05, 0.1) is 0 Å². The monoisotopic (exact) mass is 453 g/mol. The summed E-state index contributed by atoms with van der Waals surface area (Å²) in [4.78, 5) is 24.0. The van der Waals surface area contributed by atoms with Crippen LogP contribution in [0.2, 0.25) is 0 Å². The van der Waals surface area contributed by atoms with Gasteiger partial charge in [0, 0.05) is 0 Å². The molecule has 0 saturated carbocycles. The number of benzene rings is 2. The summed E-state index contributed by atoms with van der Waals surface area (Å²) in [6.07, 6.45) is 3.11. The van der Waals surface area contributed by atoms with E-state index in [1.807, 2.05) is 12.1 Å². The second-order valence-electron chi connectivity index (χ2n) is 6.69. The number of imide groups is 1. The maximum absolute atomic E-state index is 13.2. The van der Waals surface area contributed by atoms with Crippen LogP contribution < -0.4 is 8.64 Å². The van der Waals surface area contributed by atoms with Crippen molar-refractivity contribution in [3.8, 4) is 0 Å². The second kappa shape index (κ2) is 5.74. The molecule has 2 atom stereocenters. The summed E-state index contributed by atoms with van der Waals surface area (Å²) < 4.78 is 16.3. The van der Waals surface area contributed by atoms with Crippen molar-refractivity contribution in [2.45, 2.75) is 15.3 Å². The normalized spacial score (nSPS) is 23.2. The van der Waals surface area contributed by atoms with Crippen LogP contribution in [0, 0.1) is 5.82 Å². The van der Waals surface area contributed by atoms with Crippen molar-refractivity contribution < 1.29 is 14.0 Å². The van der Waals surface area contributed by atoms with Gasteiger partial charge in [-0.1, -0.05) is 0 Å². The molecular weight excluding hydrogens is 440 g/mol. The third-order valence-corrected chi connectivity index (χ3v) is 18.1. The van der Waals surface area contributed by atoms with Crippen LogP contribution in [0.1, 0.15) is 20.4 Å². The van der Waals surface area contributed by atoms with Gasteiger partial charge in [-0.3, -0.25) is 0 Å². The molecule has 25 heavy (non-hydrogen) atoms. The first-order valence-electron chi connectivity index (χ1n) is 8.21. The summed E-state index contributed by atoms with van der Waals surface area (Å²) >= 11 is -1.29. The molecule has 0 aromatic heterocycles. The average molecular weight is 453 g/mol. The van der Waals surface area contributed by atoms with Crippen molar-refractivity contribution in [1.82, 2.24) is 5.32 Å². The number of halogens is 1. The van der Waals surface area contributed by atoms with Crippen LogP contribution in [0.25, 0.3) is 6.08 Å². The van der Waals surface area contributed by atoms with Crippen molar-refractivity contribution >= 4 is 53.7 Å². The number of amides is 2. The van der Waals surface area contributed by atoms with Gasteiger partial charge in [-0.15, -0.1) is 0 Å². The molecule has 1 fully saturated rings. The molecule has 0 aliphatic carbocycles. The van der Waals surface area contributed by atoms with E-state index in [1.54, 1.807) is 0 Å². The maximum atomic E-state index is 13.2. The minimum absolute atomic E-state index is 0.141. The summed E-state index contributed by atoms with van der Waals surface area (Å²) in [5.41, 5.74) is 3.64. The summed E-state index contributed by atoms with van der Waals surface area (Å²) in [6.45, 7) is 0. The first-order valence-corrected chi connectivity index (χ1v) is 14.3. The van der Waals surface area contributed by atoms with Crippen LogP contribution in [0.3, 0.4) is 0 Å². The fourth-order valence-electron chi connectivity index (χ4n) is 4.35. The zero-order chi connectivity index (χ0) is 17.1. The molecule has 2 amide bonds. The van der Waals surface area contributed by atoms with Gasteiger partial charge >= 0.3 is 157 Å². The topological polar surface area (TPSA) is 46.2 Å². The van der Waals surface area contributed by atoms with E-state index < -0.39 is 21.4 Å². The number of thioether (sulfide) groups is 1. The average Bonchev–Trinajstić information content (AvgIpc) is 3.15. The molecule has 0 radical (unpaired) electrons. The Morgan fingerprint density at radius 3 is 2.60 bits per heavy atom. The van der Waals surface area contributed by atoms with Gasteiger partial charge in [0.2, 0.25) is 0 Å². The third kappa shape index (κ3) is 2.41. The van der Waals surface area contributed by atoms with Crippen molar-refractivity contribution in [3.63, 3.8) is 0 Å². The van der Waals surface area contributed by atoms with Gasteiger partial charge < -0.3 is 0 Å². The summed E-state index contributed by atoms with van der Waals surface area (Å²) in [6, 6.07) is 13.0. The van der Waals surface area contributed by atoms with E-state index in [4.69, 9.17) is 0 Å². The Morgan fingerprint density at radius 2 is 1.92 bits per heavy atom. The summed E-state index contributed by atoms with van der Waals surface area (Å²) in [7, 11) is 0. The van der Waals surface area contributed by atoms with E-state index in [-0.39, 0.29) is 25.9 Å². The molecule has 5 rings (SSSR count). The van der Waals surface area contributed by atoms with Gasteiger partial charge in [-0.05, 0) is 0 Å². The fraction of sp³-hybridized carbons (Fsp3) is 0.158. The van der Waals surface area contributed by atoms with Gasteiger partial charge in [-0.25, -0.2) is 0 Å². The number of rotatable bonds is 3. The molecule has 3 heterocycles. The molecule has 2 aromatic carbocycles. The SMILES string of the molecule is O=C1NC(=O)C([CH]2c3ccc[c]4c3C=[C](Cc3ccc(F)cc3)[In]42)S1. The second-order valence-corrected chi connectivity index (χ2v) is 16.5. The van der Waals surface area contributed by atoms with E-state index in [0.717, 1.165) is 23.7 Å². The molecule has 3 aliphatic heterocycles. The predicted molar refractivity (Wildman–Crippen MR) is 97.6 cm³/mol. The molecule has 2 aromatic rings. The van der Waals surface area contributed by atoms with Crippen LogP contribution in [-0.4, -0.2) is 37.8 Å². The number of hydrogen-bond acceptors (Lipinski definition) is 3. The Labute approximate surface area is 156 Å². The number of nitrogens with one attached hydrogen (secondary N) is 1. The molecule has 1 saturated heterocycles. The Bertz CT molecular complexity index is 956. The molecular formula is C19H13FInNO2S. The Hall–Kier alpha value is -1.53. The van der Waals surface area contributed by atoms with Crippen molar-refractivity contribution in [1.29, 1.82) is 0 Å². The molecule has 4 bridgehead atoms. The Morgan fingerprint density at radius 1 is 1.12 bits per heavy atom. The molecule has 3 nitrogen and oxygen atoms in total. The minimum atomic E-state index is -2.44. The summed E-state index contributed by atoms with van der Waals surface area (Å²) in [5, 5.41) is 1.93. The zero-order valence-electron chi connectivity index (χ0n) is 13.2. The van der Waals surface area contributed by atoms with E-state index in [9.17, 15) is 14.0 Å². The third-order valence-electron chi connectivity index (χ3n) is 5.32. The van der Waals surface area contributed by atoms with Crippen molar-refractivity contribution in [2.75, 3.05) is 0 Å². The van der Waals surface area contributed by atoms with Crippen LogP contribution >= 0.6 is 11.8 Å². The van der Waals surface area contributed by atoms with Crippen molar-refractivity contribution in [2.24, 2.45) is 0 Å². The predicted octanol–water partition coefficient (Wildman–Crippen LogP) is 2.69. The van der Waals surface area contributed by atoms with E-state index in [2.05, 4.69) is 29.6 Å². The number of carbonyl (C=O) groups excluding carboxylic acids is 2. The molecule has 0 spiro atoms. The number of carbonyl (C=O) groups is 2. The molecule has 2 unspecified atom stereocenters. The molecule has 3 aliphatic rings. The van der Waals surface area contributed by atoms with Crippen LogP contribution in [0.15, 0.2) is 45.8 Å². The molecule has 6 heteroatoms. The van der Waals surface area contributed by atoms with E-state index in [1.165, 1.54) is 29.9 Å². The van der Waals surface area contributed by atoms with Crippen LogP contribution in [0.4, 0.5) is 9.18 Å². The fourth-order valence-corrected chi connectivity index (χ4v) is 18.7. The Balaban J connectivity index is 1.51. The summed E-state index contributed by atoms with van der Waals surface area (Å²) in [5.74, 6) is -0.365. The van der Waals surface area contributed by atoms with E-state index in [0.29, 0.717) is 0 Å². The van der Waals surface area contributed by atoms with Gasteiger partial charge in [0.25, 0.3) is 0 Å². The first kappa shape index (κ1) is 15.7. The Kier molecular flexibility index (Phi) is 3.61. The van der Waals surface area contributed by atoms with Gasteiger partial charge in [-0.2, -0.15) is 0 Å². The van der Waals surface area contributed by atoms with Gasteiger partial charge in [0.1, 0.15) is 0 Å². The number of allylic oxidation sites excluding steroid dienone is 1. The number of hydrogen-bond donors (Lipinski definition) is 1. The first-order chi connectivity index (χ1) is 12.1. The van der Waals surface area contributed by atoms with Gasteiger partial charge in [0.15, 0.2) is 0 Å². The zero-order valence-corrected chi connectivity index (χ0v) is 17.3. The molecule has 122 valence electrons. The van der Waals surface area contributed by atoms with Crippen LogP contribution in [-0.2, 0) is 11.2 Å². The molecule has 1 N–H and O–H groups in total. The van der Waals surface area contributed by atoms with E-state index >= 15 is 0 Å². The standard InChI is InChI=1S/C19H13FNO2S.In/c20-16-10-8-13(9-11-16)4-3-7-14-5-1-2-6-15(14)12-17-18(22)21-19(23)24-17;/h1-2,6-12,17H,4H2,(H,21,22,23);. The quantitative estimate of drug-likeness (QED) is 0.778. The van der Waals surface area contributed by atoms with Crippen molar-refractivity contribution in [3.05, 3.63) is 68.3 Å². The van der Waals surface area contributed by atoms with Crippen LogP contribution in [0.5, 0.6) is 0 Å².